The Labute approximate surface area is 125 Å². The predicted octanol–water partition coefficient (Wildman–Crippen LogP) is 3.05. The lowest BCUT2D eigenvalue weighted by Crippen LogP contribution is -2.16. The van der Waals surface area contributed by atoms with Gasteiger partial charge in [-0.1, -0.05) is 18.2 Å². The van der Waals surface area contributed by atoms with E-state index in [-0.39, 0.29) is 0 Å². The molecule has 4 nitrogen and oxygen atoms in total. The molecule has 4 heteroatoms. The Morgan fingerprint density at radius 1 is 1.19 bits per heavy atom. The van der Waals surface area contributed by atoms with E-state index >= 15 is 0 Å². The first-order valence-corrected chi connectivity index (χ1v) is 7.85. The standard InChI is InChI=1S/C17H21N3O/c1-2-4-17(13(3-1)9-19-14-5-6-14)21-11-16-10-18-12-20(16)15-7-8-15/h1-4,10,12,14-15,19H,5-9,11H2. The highest BCUT2D eigenvalue weighted by molar-refractivity contribution is 5.33. The van der Waals surface area contributed by atoms with Crippen LogP contribution in [-0.4, -0.2) is 15.6 Å². The van der Waals surface area contributed by atoms with Gasteiger partial charge in [0.25, 0.3) is 0 Å². The zero-order valence-electron chi connectivity index (χ0n) is 12.2. The molecular weight excluding hydrogens is 262 g/mol. The average Bonchev–Trinajstić information content (AvgIpc) is 3.44. The molecule has 2 fully saturated rings. The molecule has 0 amide bonds. The third-order valence-electron chi connectivity index (χ3n) is 4.19. The van der Waals surface area contributed by atoms with E-state index in [0.717, 1.165) is 12.3 Å². The molecule has 1 heterocycles. The molecule has 0 bridgehead atoms. The molecule has 0 atom stereocenters. The molecule has 110 valence electrons. The maximum absolute atomic E-state index is 6.05. The number of imidazole rings is 1. The monoisotopic (exact) mass is 283 g/mol. The third kappa shape index (κ3) is 3.10. The molecule has 2 aliphatic carbocycles. The molecule has 21 heavy (non-hydrogen) atoms. The second-order valence-corrected chi connectivity index (χ2v) is 6.07. The Morgan fingerprint density at radius 3 is 2.86 bits per heavy atom. The molecule has 0 aliphatic heterocycles. The van der Waals surface area contributed by atoms with Crippen molar-refractivity contribution in [2.75, 3.05) is 0 Å². The number of ether oxygens (including phenoxy) is 1. The molecule has 2 saturated carbocycles. The summed E-state index contributed by atoms with van der Waals surface area (Å²) in [5.41, 5.74) is 2.41. The highest BCUT2D eigenvalue weighted by Gasteiger charge is 2.25. The van der Waals surface area contributed by atoms with Crippen LogP contribution in [-0.2, 0) is 13.2 Å². The van der Waals surface area contributed by atoms with Crippen molar-refractivity contribution >= 4 is 0 Å². The van der Waals surface area contributed by atoms with Crippen molar-refractivity contribution in [3.63, 3.8) is 0 Å². The van der Waals surface area contributed by atoms with Crippen LogP contribution in [0.25, 0.3) is 0 Å². The van der Waals surface area contributed by atoms with Gasteiger partial charge in [-0.25, -0.2) is 4.98 Å². The average molecular weight is 283 g/mol. The molecule has 1 aromatic carbocycles. The summed E-state index contributed by atoms with van der Waals surface area (Å²) in [6.45, 7) is 1.49. The fourth-order valence-electron chi connectivity index (χ4n) is 2.61. The van der Waals surface area contributed by atoms with Gasteiger partial charge in [-0.05, 0) is 31.7 Å². The first-order chi connectivity index (χ1) is 10.4. The molecule has 2 aliphatic rings. The smallest absolute Gasteiger partial charge is 0.130 e. The topological polar surface area (TPSA) is 39.1 Å². The molecular formula is C17H21N3O. The predicted molar refractivity (Wildman–Crippen MR) is 81.1 cm³/mol. The zero-order valence-corrected chi connectivity index (χ0v) is 12.2. The van der Waals surface area contributed by atoms with Crippen molar-refractivity contribution in [3.05, 3.63) is 48.0 Å². The summed E-state index contributed by atoms with van der Waals surface area (Å²) >= 11 is 0. The van der Waals surface area contributed by atoms with E-state index in [4.69, 9.17) is 4.74 Å². The number of hydrogen-bond donors (Lipinski definition) is 1. The van der Waals surface area contributed by atoms with Crippen molar-refractivity contribution in [2.24, 2.45) is 0 Å². The number of para-hydroxylation sites is 1. The van der Waals surface area contributed by atoms with E-state index in [9.17, 15) is 0 Å². The maximum Gasteiger partial charge on any atom is 0.130 e. The minimum Gasteiger partial charge on any atom is -0.487 e. The van der Waals surface area contributed by atoms with Crippen molar-refractivity contribution in [1.82, 2.24) is 14.9 Å². The van der Waals surface area contributed by atoms with E-state index in [1.54, 1.807) is 0 Å². The van der Waals surface area contributed by atoms with Gasteiger partial charge >= 0.3 is 0 Å². The highest BCUT2D eigenvalue weighted by atomic mass is 16.5. The Bertz CT molecular complexity index is 614. The van der Waals surface area contributed by atoms with Crippen LogP contribution in [0.5, 0.6) is 5.75 Å². The van der Waals surface area contributed by atoms with E-state index in [1.807, 2.05) is 18.6 Å². The number of nitrogens with one attached hydrogen (secondary N) is 1. The molecule has 4 rings (SSSR count). The normalized spacial score (nSPS) is 17.9. The molecule has 0 spiro atoms. The van der Waals surface area contributed by atoms with Gasteiger partial charge < -0.3 is 14.6 Å². The lowest BCUT2D eigenvalue weighted by Gasteiger charge is -2.13. The fourth-order valence-corrected chi connectivity index (χ4v) is 2.61. The van der Waals surface area contributed by atoms with Gasteiger partial charge in [0.1, 0.15) is 12.4 Å². The molecule has 0 unspecified atom stereocenters. The SMILES string of the molecule is c1ccc(OCc2cncn2C2CC2)c(CNC2CC2)c1. The Balaban J connectivity index is 1.42. The number of benzene rings is 1. The molecule has 0 radical (unpaired) electrons. The largest absolute Gasteiger partial charge is 0.487 e. The van der Waals surface area contributed by atoms with Gasteiger partial charge in [0.2, 0.25) is 0 Å². The Kier molecular flexibility index (Phi) is 3.39. The summed E-state index contributed by atoms with van der Waals surface area (Å²) in [7, 11) is 0. The minimum atomic E-state index is 0.594. The minimum absolute atomic E-state index is 0.594. The van der Waals surface area contributed by atoms with Crippen molar-refractivity contribution in [2.45, 2.75) is 50.9 Å². The molecule has 1 aromatic heterocycles. The lowest BCUT2D eigenvalue weighted by molar-refractivity contribution is 0.291. The highest BCUT2D eigenvalue weighted by Crippen LogP contribution is 2.35. The zero-order chi connectivity index (χ0) is 14.1. The van der Waals surface area contributed by atoms with Crippen LogP contribution in [0, 0.1) is 0 Å². The molecule has 0 saturated heterocycles. The third-order valence-corrected chi connectivity index (χ3v) is 4.19. The quantitative estimate of drug-likeness (QED) is 0.849. The van der Waals surface area contributed by atoms with Gasteiger partial charge in [0, 0.05) is 24.2 Å². The van der Waals surface area contributed by atoms with Gasteiger partial charge in [-0.2, -0.15) is 0 Å². The summed E-state index contributed by atoms with van der Waals surface area (Å²) < 4.78 is 8.31. The summed E-state index contributed by atoms with van der Waals surface area (Å²) in [6.07, 6.45) is 9.00. The Hall–Kier alpha value is -1.81. The van der Waals surface area contributed by atoms with E-state index in [2.05, 4.69) is 33.1 Å². The van der Waals surface area contributed by atoms with E-state index < -0.39 is 0 Å². The van der Waals surface area contributed by atoms with Crippen molar-refractivity contribution < 1.29 is 4.74 Å². The molecule has 2 aromatic rings. The van der Waals surface area contributed by atoms with Crippen LogP contribution in [0.2, 0.25) is 0 Å². The summed E-state index contributed by atoms with van der Waals surface area (Å²) in [4.78, 5) is 4.26. The van der Waals surface area contributed by atoms with Crippen LogP contribution in [0.4, 0.5) is 0 Å². The number of hydrogen-bond acceptors (Lipinski definition) is 3. The first-order valence-electron chi connectivity index (χ1n) is 7.85. The number of rotatable bonds is 7. The summed E-state index contributed by atoms with van der Waals surface area (Å²) in [5.74, 6) is 0.981. The molecule has 1 N–H and O–H groups in total. The Morgan fingerprint density at radius 2 is 2.05 bits per heavy atom. The fraction of sp³-hybridized carbons (Fsp3) is 0.471. The van der Waals surface area contributed by atoms with Crippen LogP contribution >= 0.6 is 0 Å². The van der Waals surface area contributed by atoms with Gasteiger partial charge in [0.05, 0.1) is 18.2 Å². The van der Waals surface area contributed by atoms with Gasteiger partial charge in [-0.3, -0.25) is 0 Å². The summed E-state index contributed by atoms with van der Waals surface area (Å²) in [5, 5.41) is 3.55. The van der Waals surface area contributed by atoms with Crippen molar-refractivity contribution in [3.8, 4) is 5.75 Å². The van der Waals surface area contributed by atoms with Gasteiger partial charge in [0.15, 0.2) is 0 Å². The van der Waals surface area contributed by atoms with Crippen LogP contribution < -0.4 is 10.1 Å². The summed E-state index contributed by atoms with van der Waals surface area (Å²) in [6, 6.07) is 9.68. The van der Waals surface area contributed by atoms with Gasteiger partial charge in [-0.15, -0.1) is 0 Å². The lowest BCUT2D eigenvalue weighted by atomic mass is 10.2. The second kappa shape index (κ2) is 5.53. The number of nitrogens with zero attached hydrogens (tertiary/aromatic N) is 2. The second-order valence-electron chi connectivity index (χ2n) is 6.07. The van der Waals surface area contributed by atoms with E-state index in [1.165, 1.54) is 36.9 Å². The van der Waals surface area contributed by atoms with Crippen LogP contribution in [0.3, 0.4) is 0 Å². The van der Waals surface area contributed by atoms with Crippen molar-refractivity contribution in [1.29, 1.82) is 0 Å². The van der Waals surface area contributed by atoms with E-state index in [0.29, 0.717) is 18.7 Å². The number of aromatic nitrogens is 2. The van der Waals surface area contributed by atoms with Crippen LogP contribution in [0.1, 0.15) is 43.0 Å². The maximum atomic E-state index is 6.05. The van der Waals surface area contributed by atoms with Crippen LogP contribution in [0.15, 0.2) is 36.8 Å². The first kappa shape index (κ1) is 12.9.